The Morgan fingerprint density at radius 1 is 1.00 bits per heavy atom. The van der Waals surface area contributed by atoms with Gasteiger partial charge in [-0.1, -0.05) is 0 Å². The van der Waals surface area contributed by atoms with Gasteiger partial charge in [-0.3, -0.25) is 0 Å². The van der Waals surface area contributed by atoms with Crippen LogP contribution in [0, 0.1) is 0 Å². The Balaban J connectivity index is 2.49. The van der Waals surface area contributed by atoms with Crippen molar-refractivity contribution in [2.45, 2.75) is 11.6 Å². The van der Waals surface area contributed by atoms with E-state index in [-0.39, 0.29) is 25.0 Å². The molecule has 0 aromatic heterocycles. The molecule has 0 aromatic carbocycles. The van der Waals surface area contributed by atoms with Crippen LogP contribution in [0.15, 0.2) is 0 Å². The number of hydrogen-bond donors (Lipinski definition) is 2. The van der Waals surface area contributed by atoms with E-state index < -0.39 is 11.6 Å². The summed E-state index contributed by atoms with van der Waals surface area (Å²) < 4.78 is 9.77. The molecule has 0 radical (unpaired) electrons. The molecule has 72 valence electrons. The molecule has 1 aliphatic rings. The molecule has 1 rings (SSSR count). The van der Waals surface area contributed by atoms with Crippen molar-refractivity contribution in [2.24, 2.45) is 0 Å². The number of halogens is 2. The summed E-state index contributed by atoms with van der Waals surface area (Å²) in [4.78, 5) is 0. The maximum atomic E-state index is 9.37. The lowest BCUT2D eigenvalue weighted by molar-refractivity contribution is -0.350. The summed E-state index contributed by atoms with van der Waals surface area (Å²) in [6.45, 7) is -0.362. The highest BCUT2D eigenvalue weighted by atomic mass is 35.5. The zero-order chi connectivity index (χ0) is 9.24. The second-order valence-corrected chi connectivity index (χ2v) is 3.27. The van der Waals surface area contributed by atoms with E-state index >= 15 is 0 Å². The van der Waals surface area contributed by atoms with Crippen molar-refractivity contribution in [2.75, 3.05) is 25.0 Å². The van der Waals surface area contributed by atoms with Crippen LogP contribution < -0.4 is 0 Å². The fraction of sp³-hybridized carbons (Fsp3) is 1.00. The molecule has 6 heteroatoms. The third-order valence-corrected chi connectivity index (χ3v) is 2.39. The van der Waals surface area contributed by atoms with Crippen LogP contribution in [0.25, 0.3) is 0 Å². The maximum absolute atomic E-state index is 9.37. The van der Waals surface area contributed by atoms with E-state index in [9.17, 15) is 10.2 Å². The Morgan fingerprint density at radius 3 is 1.50 bits per heavy atom. The standard InChI is InChI=1S/C6H10Cl2O4/c7-1-5(9)3-12-6(10,2-8)4-11-5/h9-10H,1-4H2/t5-,6+. The monoisotopic (exact) mass is 216 g/mol. The molecule has 0 unspecified atom stereocenters. The molecule has 0 amide bonds. The van der Waals surface area contributed by atoms with E-state index in [0.29, 0.717) is 0 Å². The Morgan fingerprint density at radius 2 is 1.33 bits per heavy atom. The predicted octanol–water partition coefficient (Wildman–Crippen LogP) is -0.112. The highest BCUT2D eigenvalue weighted by Gasteiger charge is 2.41. The maximum Gasteiger partial charge on any atom is 0.203 e. The molecule has 0 aliphatic carbocycles. The van der Waals surface area contributed by atoms with Gasteiger partial charge < -0.3 is 19.7 Å². The van der Waals surface area contributed by atoms with Gasteiger partial charge in [0, 0.05) is 0 Å². The van der Waals surface area contributed by atoms with Gasteiger partial charge in [0.25, 0.3) is 0 Å². The van der Waals surface area contributed by atoms with Crippen LogP contribution in [0.3, 0.4) is 0 Å². The topological polar surface area (TPSA) is 58.9 Å². The molecule has 0 aromatic rings. The van der Waals surface area contributed by atoms with E-state index in [1.54, 1.807) is 0 Å². The SMILES string of the molecule is O[C@]1(CCl)CO[C@](O)(CCl)CO1. The van der Waals surface area contributed by atoms with Gasteiger partial charge in [0.1, 0.15) is 13.2 Å². The Labute approximate surface area is 80.0 Å². The van der Waals surface area contributed by atoms with Gasteiger partial charge in [-0.15, -0.1) is 23.2 Å². The van der Waals surface area contributed by atoms with Crippen LogP contribution >= 0.6 is 23.2 Å². The van der Waals surface area contributed by atoms with Gasteiger partial charge in [-0.05, 0) is 0 Å². The third-order valence-electron chi connectivity index (χ3n) is 1.55. The van der Waals surface area contributed by atoms with Gasteiger partial charge in [-0.2, -0.15) is 0 Å². The Hall–Kier alpha value is 0.420. The summed E-state index contributed by atoms with van der Waals surface area (Å²) in [7, 11) is 0. The largest absolute Gasteiger partial charge is 0.363 e. The number of alkyl halides is 2. The summed E-state index contributed by atoms with van der Waals surface area (Å²) in [6.07, 6.45) is 0. The Kier molecular flexibility index (Phi) is 3.20. The molecule has 0 bridgehead atoms. The van der Waals surface area contributed by atoms with Gasteiger partial charge >= 0.3 is 0 Å². The minimum atomic E-state index is -1.50. The van der Waals surface area contributed by atoms with Crippen LogP contribution in [0.1, 0.15) is 0 Å². The summed E-state index contributed by atoms with van der Waals surface area (Å²) >= 11 is 10.8. The molecule has 1 saturated heterocycles. The average molecular weight is 217 g/mol. The number of aliphatic hydroxyl groups is 2. The highest BCUT2D eigenvalue weighted by Crippen LogP contribution is 2.23. The molecule has 2 atom stereocenters. The molecular weight excluding hydrogens is 207 g/mol. The lowest BCUT2D eigenvalue weighted by Crippen LogP contribution is -2.55. The zero-order valence-electron chi connectivity index (χ0n) is 6.30. The van der Waals surface area contributed by atoms with E-state index in [1.807, 2.05) is 0 Å². The molecule has 1 aliphatic heterocycles. The van der Waals surface area contributed by atoms with Gasteiger partial charge in [0.05, 0.1) is 11.8 Å². The lowest BCUT2D eigenvalue weighted by atomic mass is 10.2. The smallest absolute Gasteiger partial charge is 0.203 e. The molecule has 1 heterocycles. The molecule has 4 nitrogen and oxygen atoms in total. The van der Waals surface area contributed by atoms with Crippen LogP contribution in [-0.4, -0.2) is 46.8 Å². The molecule has 1 fully saturated rings. The molecular formula is C6H10Cl2O4. The third kappa shape index (κ3) is 2.22. The predicted molar refractivity (Wildman–Crippen MR) is 43.2 cm³/mol. The quantitative estimate of drug-likeness (QED) is 0.633. The first kappa shape index (κ1) is 10.5. The van der Waals surface area contributed by atoms with Crippen molar-refractivity contribution < 1.29 is 19.7 Å². The molecule has 0 spiro atoms. The second-order valence-electron chi connectivity index (χ2n) is 2.74. The first-order chi connectivity index (χ1) is 5.54. The molecule has 12 heavy (non-hydrogen) atoms. The normalized spacial score (nSPS) is 43.0. The summed E-state index contributed by atoms with van der Waals surface area (Å²) in [5.74, 6) is -3.21. The van der Waals surface area contributed by atoms with Crippen molar-refractivity contribution in [3.63, 3.8) is 0 Å². The second kappa shape index (κ2) is 3.65. The summed E-state index contributed by atoms with van der Waals surface area (Å²) in [5, 5.41) is 18.7. The van der Waals surface area contributed by atoms with Crippen LogP contribution in [0.4, 0.5) is 0 Å². The zero-order valence-corrected chi connectivity index (χ0v) is 7.81. The minimum absolute atomic E-state index is 0.106. The van der Waals surface area contributed by atoms with Gasteiger partial charge in [0.2, 0.25) is 11.6 Å². The minimum Gasteiger partial charge on any atom is -0.363 e. The van der Waals surface area contributed by atoms with Gasteiger partial charge in [0.15, 0.2) is 0 Å². The first-order valence-corrected chi connectivity index (χ1v) is 4.45. The highest BCUT2D eigenvalue weighted by molar-refractivity contribution is 6.18. The summed E-state index contributed by atoms with van der Waals surface area (Å²) in [6, 6.07) is 0. The molecule has 0 saturated carbocycles. The Bertz CT molecular complexity index is 138. The average Bonchev–Trinajstić information content (AvgIpc) is 2.11. The van der Waals surface area contributed by atoms with Crippen LogP contribution in [-0.2, 0) is 9.47 Å². The number of ether oxygens (including phenoxy) is 2. The number of hydrogen-bond acceptors (Lipinski definition) is 4. The van der Waals surface area contributed by atoms with Crippen molar-refractivity contribution in [1.82, 2.24) is 0 Å². The van der Waals surface area contributed by atoms with Crippen molar-refractivity contribution in [3.8, 4) is 0 Å². The van der Waals surface area contributed by atoms with E-state index in [1.165, 1.54) is 0 Å². The van der Waals surface area contributed by atoms with E-state index in [0.717, 1.165) is 0 Å². The first-order valence-electron chi connectivity index (χ1n) is 3.38. The van der Waals surface area contributed by atoms with Crippen LogP contribution in [0.2, 0.25) is 0 Å². The van der Waals surface area contributed by atoms with Crippen molar-refractivity contribution in [1.29, 1.82) is 0 Å². The number of rotatable bonds is 2. The fourth-order valence-corrected chi connectivity index (χ4v) is 1.04. The van der Waals surface area contributed by atoms with Crippen molar-refractivity contribution >= 4 is 23.2 Å². The van der Waals surface area contributed by atoms with Gasteiger partial charge in [-0.25, -0.2) is 0 Å². The van der Waals surface area contributed by atoms with E-state index in [2.05, 4.69) is 0 Å². The fourth-order valence-electron chi connectivity index (χ4n) is 0.732. The lowest BCUT2D eigenvalue weighted by Gasteiger charge is -2.38. The summed E-state index contributed by atoms with van der Waals surface area (Å²) in [5.41, 5.74) is 0. The molecule has 2 N–H and O–H groups in total. The van der Waals surface area contributed by atoms with Crippen molar-refractivity contribution in [3.05, 3.63) is 0 Å². The van der Waals surface area contributed by atoms with E-state index in [4.69, 9.17) is 32.7 Å². The van der Waals surface area contributed by atoms with Crippen LogP contribution in [0.5, 0.6) is 0 Å².